The van der Waals surface area contributed by atoms with Gasteiger partial charge in [-0.25, -0.2) is 9.78 Å². The van der Waals surface area contributed by atoms with E-state index in [9.17, 15) is 9.59 Å². The molecule has 1 unspecified atom stereocenters. The number of carboxylic acid groups (broad SMARTS) is 1. The summed E-state index contributed by atoms with van der Waals surface area (Å²) in [6, 6.07) is 1.62. The summed E-state index contributed by atoms with van der Waals surface area (Å²) in [5.41, 5.74) is 1.01. The predicted octanol–water partition coefficient (Wildman–Crippen LogP) is 1.05. The van der Waals surface area contributed by atoms with E-state index >= 15 is 0 Å². The molecule has 1 aliphatic heterocycles. The maximum atomic E-state index is 11.7. The molecule has 0 aromatic carbocycles. The molecule has 0 aliphatic carbocycles. The van der Waals surface area contributed by atoms with Crippen molar-refractivity contribution in [3.8, 4) is 0 Å². The van der Waals surface area contributed by atoms with Crippen molar-refractivity contribution in [2.24, 2.45) is 5.92 Å². The van der Waals surface area contributed by atoms with Crippen LogP contribution in [0.1, 0.15) is 28.8 Å². The fourth-order valence-corrected chi connectivity index (χ4v) is 2.60. The number of carbonyl (C=O) groups is 2. The van der Waals surface area contributed by atoms with E-state index in [4.69, 9.17) is 5.11 Å². The first-order valence-corrected chi connectivity index (χ1v) is 6.69. The highest BCUT2D eigenvalue weighted by atomic mass is 16.4. The molecule has 2 rings (SSSR count). The summed E-state index contributed by atoms with van der Waals surface area (Å²) in [4.78, 5) is 29.0. The van der Waals surface area contributed by atoms with Crippen LogP contribution in [0.3, 0.4) is 0 Å². The molecule has 2 N–H and O–H groups in total. The van der Waals surface area contributed by atoms with Crippen molar-refractivity contribution in [1.82, 2.24) is 10.3 Å². The molecule has 1 amide bonds. The minimum absolute atomic E-state index is 0.0332. The molecular formula is C14H19N3O3. The SMILES string of the molecule is CNC(=O)C1CCCN(c2ncc(C(=O)O)cc2C)C1. The number of pyridine rings is 1. The number of nitrogens with one attached hydrogen (secondary N) is 1. The fourth-order valence-electron chi connectivity index (χ4n) is 2.60. The Morgan fingerprint density at radius 3 is 2.85 bits per heavy atom. The van der Waals surface area contributed by atoms with E-state index in [1.807, 2.05) is 6.92 Å². The minimum Gasteiger partial charge on any atom is -0.478 e. The average Bonchev–Trinajstić information content (AvgIpc) is 2.46. The highest BCUT2D eigenvalue weighted by Gasteiger charge is 2.26. The van der Waals surface area contributed by atoms with Crippen LogP contribution in [0.2, 0.25) is 0 Å². The van der Waals surface area contributed by atoms with Crippen molar-refractivity contribution in [1.29, 1.82) is 0 Å². The van der Waals surface area contributed by atoms with Gasteiger partial charge in [-0.15, -0.1) is 0 Å². The molecular weight excluding hydrogens is 258 g/mol. The van der Waals surface area contributed by atoms with E-state index in [0.717, 1.165) is 30.8 Å². The van der Waals surface area contributed by atoms with E-state index in [1.54, 1.807) is 13.1 Å². The second kappa shape index (κ2) is 5.90. The van der Waals surface area contributed by atoms with Crippen LogP contribution in [-0.2, 0) is 4.79 Å². The number of carboxylic acids is 1. The number of piperidine rings is 1. The van der Waals surface area contributed by atoms with Gasteiger partial charge < -0.3 is 15.3 Å². The molecule has 1 saturated heterocycles. The normalized spacial score (nSPS) is 18.7. The van der Waals surface area contributed by atoms with Crippen molar-refractivity contribution in [3.05, 3.63) is 23.4 Å². The Morgan fingerprint density at radius 1 is 1.50 bits per heavy atom. The number of nitrogens with zero attached hydrogens (tertiary/aromatic N) is 2. The van der Waals surface area contributed by atoms with Gasteiger partial charge in [-0.05, 0) is 31.4 Å². The molecule has 1 aromatic rings. The quantitative estimate of drug-likeness (QED) is 0.863. The largest absolute Gasteiger partial charge is 0.478 e. The number of hydrogen-bond acceptors (Lipinski definition) is 4. The lowest BCUT2D eigenvalue weighted by Gasteiger charge is -2.33. The van der Waals surface area contributed by atoms with Gasteiger partial charge in [-0.1, -0.05) is 0 Å². The van der Waals surface area contributed by atoms with Gasteiger partial charge in [0, 0.05) is 26.3 Å². The molecule has 20 heavy (non-hydrogen) atoms. The Kier molecular flexibility index (Phi) is 4.22. The molecule has 6 heteroatoms. The molecule has 2 heterocycles. The van der Waals surface area contributed by atoms with Gasteiger partial charge in [0.1, 0.15) is 5.82 Å². The molecule has 0 saturated carbocycles. The molecule has 108 valence electrons. The third-order valence-electron chi connectivity index (χ3n) is 3.64. The van der Waals surface area contributed by atoms with Crippen molar-refractivity contribution in [3.63, 3.8) is 0 Å². The van der Waals surface area contributed by atoms with Crippen LogP contribution in [0.5, 0.6) is 0 Å². The molecule has 1 fully saturated rings. The van der Waals surface area contributed by atoms with Crippen molar-refractivity contribution < 1.29 is 14.7 Å². The number of aromatic nitrogens is 1. The number of hydrogen-bond donors (Lipinski definition) is 2. The highest BCUT2D eigenvalue weighted by Crippen LogP contribution is 2.24. The maximum absolute atomic E-state index is 11.7. The molecule has 1 atom stereocenters. The van der Waals surface area contributed by atoms with Crippen LogP contribution >= 0.6 is 0 Å². The Hall–Kier alpha value is -2.11. The molecule has 6 nitrogen and oxygen atoms in total. The van der Waals surface area contributed by atoms with Crippen LogP contribution in [-0.4, -0.2) is 42.1 Å². The first-order valence-electron chi connectivity index (χ1n) is 6.69. The number of amides is 1. The molecule has 0 bridgehead atoms. The van der Waals surface area contributed by atoms with Gasteiger partial charge in [0.15, 0.2) is 0 Å². The number of carbonyl (C=O) groups excluding carboxylic acids is 1. The van der Waals surface area contributed by atoms with Gasteiger partial charge in [-0.2, -0.15) is 0 Å². The lowest BCUT2D eigenvalue weighted by atomic mass is 9.97. The number of aromatic carboxylic acids is 1. The summed E-state index contributed by atoms with van der Waals surface area (Å²) in [6.07, 6.45) is 3.18. The summed E-state index contributed by atoms with van der Waals surface area (Å²) >= 11 is 0. The van der Waals surface area contributed by atoms with Crippen molar-refractivity contribution in [2.45, 2.75) is 19.8 Å². The summed E-state index contributed by atoms with van der Waals surface area (Å²) in [7, 11) is 1.65. The first kappa shape index (κ1) is 14.3. The molecule has 0 spiro atoms. The smallest absolute Gasteiger partial charge is 0.337 e. The predicted molar refractivity (Wildman–Crippen MR) is 74.9 cm³/mol. The lowest BCUT2D eigenvalue weighted by Crippen LogP contribution is -2.42. The van der Waals surface area contributed by atoms with Gasteiger partial charge in [0.05, 0.1) is 11.5 Å². The molecule has 1 aliphatic rings. The summed E-state index contributed by atoms with van der Waals surface area (Å²) in [6.45, 7) is 3.31. The van der Waals surface area contributed by atoms with Gasteiger partial charge in [0.25, 0.3) is 0 Å². The van der Waals surface area contributed by atoms with Gasteiger partial charge in [0.2, 0.25) is 5.91 Å². The summed E-state index contributed by atoms with van der Waals surface area (Å²) in [5, 5.41) is 11.6. The standard InChI is InChI=1S/C14H19N3O3/c1-9-6-11(14(19)20)7-16-12(9)17-5-3-4-10(8-17)13(18)15-2/h6-7,10H,3-5,8H2,1-2H3,(H,15,18)(H,19,20). The summed E-state index contributed by atoms with van der Waals surface area (Å²) < 4.78 is 0. The fraction of sp³-hybridized carbons (Fsp3) is 0.500. The second-order valence-corrected chi connectivity index (χ2v) is 5.07. The topological polar surface area (TPSA) is 82.5 Å². The minimum atomic E-state index is -0.978. The zero-order valence-corrected chi connectivity index (χ0v) is 11.7. The summed E-state index contributed by atoms with van der Waals surface area (Å²) in [5.74, 6) is -0.193. The second-order valence-electron chi connectivity index (χ2n) is 5.07. The Labute approximate surface area is 117 Å². The van der Waals surface area contributed by atoms with E-state index < -0.39 is 5.97 Å². The van der Waals surface area contributed by atoms with Crippen LogP contribution < -0.4 is 10.2 Å². The van der Waals surface area contributed by atoms with E-state index in [0.29, 0.717) is 6.54 Å². The van der Waals surface area contributed by atoms with Crippen LogP contribution in [0.4, 0.5) is 5.82 Å². The van der Waals surface area contributed by atoms with E-state index in [-0.39, 0.29) is 17.4 Å². The van der Waals surface area contributed by atoms with E-state index in [2.05, 4.69) is 15.2 Å². The van der Waals surface area contributed by atoms with Crippen LogP contribution in [0.25, 0.3) is 0 Å². The third kappa shape index (κ3) is 2.89. The van der Waals surface area contributed by atoms with E-state index in [1.165, 1.54) is 6.20 Å². The lowest BCUT2D eigenvalue weighted by molar-refractivity contribution is -0.124. The molecule has 1 aromatic heterocycles. The first-order chi connectivity index (χ1) is 9.52. The highest BCUT2D eigenvalue weighted by molar-refractivity contribution is 5.87. The van der Waals surface area contributed by atoms with Gasteiger partial charge in [-0.3, -0.25) is 4.79 Å². The van der Waals surface area contributed by atoms with Crippen molar-refractivity contribution in [2.75, 3.05) is 25.0 Å². The van der Waals surface area contributed by atoms with Crippen molar-refractivity contribution >= 4 is 17.7 Å². The third-order valence-corrected chi connectivity index (χ3v) is 3.64. The van der Waals surface area contributed by atoms with Crippen LogP contribution in [0.15, 0.2) is 12.3 Å². The number of rotatable bonds is 3. The Balaban J connectivity index is 2.19. The number of aryl methyl sites for hydroxylation is 1. The monoisotopic (exact) mass is 277 g/mol. The maximum Gasteiger partial charge on any atom is 0.337 e. The Bertz CT molecular complexity index is 530. The zero-order valence-electron chi connectivity index (χ0n) is 11.7. The van der Waals surface area contributed by atoms with Crippen LogP contribution in [0, 0.1) is 12.8 Å². The zero-order chi connectivity index (χ0) is 14.7. The number of anilines is 1. The average molecular weight is 277 g/mol. The van der Waals surface area contributed by atoms with Gasteiger partial charge >= 0.3 is 5.97 Å². The molecule has 0 radical (unpaired) electrons. The Morgan fingerprint density at radius 2 is 2.25 bits per heavy atom.